The highest BCUT2D eigenvalue weighted by molar-refractivity contribution is 8.03. The molecule has 2 fully saturated rings. The Morgan fingerprint density at radius 1 is 1.10 bits per heavy atom. The van der Waals surface area contributed by atoms with E-state index >= 15 is 0 Å². The number of hydrogen-bond donors (Lipinski definition) is 5. The number of nitrogens with one attached hydrogen (secondary N) is 4. The van der Waals surface area contributed by atoms with Crippen LogP contribution in [0.3, 0.4) is 0 Å². The van der Waals surface area contributed by atoms with Crippen LogP contribution in [-0.4, -0.2) is 150 Å². The molecular formula is C49H67N7O13S2. The van der Waals surface area contributed by atoms with E-state index in [9.17, 15) is 51.9 Å². The third-order valence-corrected chi connectivity index (χ3v) is 15.7. The first-order valence-corrected chi connectivity index (χ1v) is 26.5. The van der Waals surface area contributed by atoms with Gasteiger partial charge in [-0.15, -0.1) is 11.8 Å². The lowest BCUT2D eigenvalue weighted by atomic mass is 9.84. The first-order valence-electron chi connectivity index (χ1n) is 24.0. The molecule has 20 nitrogen and oxygen atoms in total. The minimum Gasteiger partial charge on any atom is -0.458 e. The van der Waals surface area contributed by atoms with E-state index in [4.69, 9.17) is 9.47 Å². The number of piperidine rings is 1. The summed E-state index contributed by atoms with van der Waals surface area (Å²) in [6, 6.07) is 7.36. The van der Waals surface area contributed by atoms with E-state index < -0.39 is 87.5 Å². The van der Waals surface area contributed by atoms with E-state index in [0.29, 0.717) is 57.8 Å². The molecule has 71 heavy (non-hydrogen) atoms. The number of esters is 1. The largest absolute Gasteiger partial charge is 0.458 e. The number of Topliss-reactive ketones (excluding diaryl/α,β-unsaturated/α-hetero) is 1. The highest BCUT2D eigenvalue weighted by Crippen LogP contribution is 2.44. The second kappa shape index (κ2) is 25.7. The van der Waals surface area contributed by atoms with E-state index in [0.717, 1.165) is 10.5 Å². The van der Waals surface area contributed by atoms with E-state index in [1.165, 1.54) is 46.7 Å². The Morgan fingerprint density at radius 2 is 1.86 bits per heavy atom. The van der Waals surface area contributed by atoms with Crippen LogP contribution in [0.25, 0.3) is 0 Å². The van der Waals surface area contributed by atoms with E-state index in [-0.39, 0.29) is 66.2 Å². The number of benzene rings is 1. The number of likely N-dealkylation sites (tertiary alicyclic amines) is 1. The summed E-state index contributed by atoms with van der Waals surface area (Å²) >= 11 is 1.42. The van der Waals surface area contributed by atoms with Gasteiger partial charge in [-0.05, 0) is 88.1 Å². The number of anilines is 1. The number of aldehydes is 1. The summed E-state index contributed by atoms with van der Waals surface area (Å²) in [5, 5.41) is 18.3. The second-order valence-electron chi connectivity index (χ2n) is 18.9. The Hall–Kier alpha value is -5.55. The number of nitrogens with zero attached hydrogens (tertiary/aromatic N) is 3. The Labute approximate surface area is 419 Å². The zero-order valence-corrected chi connectivity index (χ0v) is 42.8. The third-order valence-electron chi connectivity index (χ3n) is 12.9. The number of sulfonamides is 1. The minimum absolute atomic E-state index is 0.0579. The van der Waals surface area contributed by atoms with Crippen molar-refractivity contribution in [1.29, 1.82) is 0 Å². The highest BCUT2D eigenvalue weighted by Gasteiger charge is 2.44. The molecule has 22 heteroatoms. The molecule has 3 aliphatic rings. The summed E-state index contributed by atoms with van der Waals surface area (Å²) in [5.41, 5.74) is 0.414. The topological polar surface area (TPSA) is 277 Å². The summed E-state index contributed by atoms with van der Waals surface area (Å²) in [7, 11) is -4.26. The van der Waals surface area contributed by atoms with Gasteiger partial charge in [-0.25, -0.2) is 17.9 Å². The molecule has 0 spiro atoms. The molecule has 388 valence electrons. The summed E-state index contributed by atoms with van der Waals surface area (Å²) < 4.78 is 39.3. The first kappa shape index (κ1) is 56.4. The van der Waals surface area contributed by atoms with Gasteiger partial charge in [-0.2, -0.15) is 0 Å². The standard InChI is InChI=1S/C49H67N7O13S2/c1-7-49(5,6)44(61)47(64)55-20-9-8-15-39(55)48(65)69-36(17-16-33-12-11-18-50-25-33)28-68-29-42(60)51-19-21-71(66,67)54-45(62)34-13-10-14-35(23-34)53-46(63)38-24-37(26-52-38)70-43-31(3)40(22-30(2)58)56(32(4)59)41(43)27-57/h10-14,18,23,25,27,30-31,36-40,52,58H,7-9,15-17,19-22,24,26,28-29H2,1-6H3,(H,51,60)(H,53,63)(H,54,62)/t30-,31-,36-,37+,38+,39+,40+/m1/s1. The number of pyridine rings is 1. The number of ketones is 1. The zero-order valence-electron chi connectivity index (χ0n) is 41.1. The van der Waals surface area contributed by atoms with Crippen LogP contribution >= 0.6 is 11.8 Å². The lowest BCUT2D eigenvalue weighted by Crippen LogP contribution is -2.53. The predicted octanol–water partition coefficient (Wildman–Crippen LogP) is 2.66. The Bertz CT molecular complexity index is 2420. The molecule has 0 radical (unpaired) electrons. The van der Waals surface area contributed by atoms with Crippen molar-refractivity contribution in [2.75, 3.05) is 43.9 Å². The number of rotatable bonds is 24. The van der Waals surface area contributed by atoms with Crippen molar-refractivity contribution < 1.29 is 61.4 Å². The molecule has 3 aliphatic heterocycles. The lowest BCUT2D eigenvalue weighted by Gasteiger charge is -2.36. The number of aryl methyl sites for hydroxylation is 1. The SMILES string of the molecule is CCC(C)(C)C(=O)C(=O)N1CCCC[C@H]1C(=O)O[C@H](CCc1cccnc1)COCC(=O)NCCS(=O)(=O)NC(=O)c1cccc(NC(=O)[C@@H]2C[C@H](SC3=C(C=O)N(C(C)=O)[C@@H](C[C@@H](C)O)[C@H]3C)CN2)c1. The van der Waals surface area contributed by atoms with Gasteiger partial charge >= 0.3 is 5.97 Å². The number of thioether (sulfide) groups is 1. The van der Waals surface area contributed by atoms with Crippen LogP contribution in [0, 0.1) is 11.3 Å². The van der Waals surface area contributed by atoms with E-state index in [1.54, 1.807) is 45.3 Å². The van der Waals surface area contributed by atoms with Crippen molar-refractivity contribution in [1.82, 2.24) is 30.1 Å². The molecule has 2 saturated heterocycles. The van der Waals surface area contributed by atoms with Crippen LogP contribution in [0.4, 0.5) is 5.69 Å². The Kier molecular flexibility index (Phi) is 20.4. The molecule has 0 bridgehead atoms. The number of aromatic nitrogens is 1. The molecule has 1 aromatic carbocycles. The quantitative estimate of drug-likeness (QED) is 0.0574. The zero-order chi connectivity index (χ0) is 52.0. The van der Waals surface area contributed by atoms with Crippen molar-refractivity contribution in [2.45, 2.75) is 128 Å². The summed E-state index contributed by atoms with van der Waals surface area (Å²) in [6.07, 6.45) is 5.88. The second-order valence-corrected chi connectivity index (χ2v) is 22.0. The molecule has 7 atom stereocenters. The summed E-state index contributed by atoms with van der Waals surface area (Å²) in [4.78, 5) is 111. The molecule has 0 aliphatic carbocycles. The van der Waals surface area contributed by atoms with Gasteiger partial charge in [0.2, 0.25) is 33.5 Å². The fraction of sp³-hybridized carbons (Fsp3) is 0.571. The average Bonchev–Trinajstić information content (AvgIpc) is 3.91. The number of allylic oxidation sites excluding steroid dienone is 1. The Morgan fingerprint density at radius 3 is 2.54 bits per heavy atom. The van der Waals surface area contributed by atoms with Crippen LogP contribution in [-0.2, 0) is 59.5 Å². The lowest BCUT2D eigenvalue weighted by molar-refractivity contribution is -0.166. The van der Waals surface area contributed by atoms with Gasteiger partial charge in [-0.1, -0.05) is 39.8 Å². The molecule has 5 amide bonds. The van der Waals surface area contributed by atoms with Crippen LogP contribution < -0.4 is 20.7 Å². The minimum atomic E-state index is -4.26. The molecule has 0 unspecified atom stereocenters. The smallest absolute Gasteiger partial charge is 0.329 e. The normalized spacial score (nSPS) is 21.3. The maximum absolute atomic E-state index is 13.6. The molecule has 1 aromatic heterocycles. The number of carbonyl (C=O) groups is 8. The maximum atomic E-state index is 13.6. The molecule has 0 saturated carbocycles. The Balaban J connectivity index is 1.08. The number of amides is 5. The molecule has 5 N–H and O–H groups in total. The van der Waals surface area contributed by atoms with Crippen molar-refractivity contribution >= 4 is 75.0 Å². The maximum Gasteiger partial charge on any atom is 0.329 e. The number of carbonyl (C=O) groups excluding carboxylic acids is 8. The van der Waals surface area contributed by atoms with E-state index in [1.807, 2.05) is 24.6 Å². The summed E-state index contributed by atoms with van der Waals surface area (Å²) in [5.74, 6) is -5.19. The number of aliphatic hydroxyl groups excluding tert-OH is 1. The van der Waals surface area contributed by atoms with Gasteiger partial charge < -0.3 is 40.3 Å². The number of aliphatic hydroxyl groups is 1. The predicted molar refractivity (Wildman–Crippen MR) is 264 cm³/mol. The van der Waals surface area contributed by atoms with Crippen LogP contribution in [0.15, 0.2) is 59.4 Å². The monoisotopic (exact) mass is 1030 g/mol. The fourth-order valence-electron chi connectivity index (χ4n) is 8.62. The van der Waals surface area contributed by atoms with Crippen LogP contribution in [0.5, 0.6) is 0 Å². The highest BCUT2D eigenvalue weighted by atomic mass is 32.2. The van der Waals surface area contributed by atoms with Gasteiger partial charge in [0.25, 0.3) is 11.8 Å². The average molecular weight is 1030 g/mol. The van der Waals surface area contributed by atoms with Crippen molar-refractivity contribution in [3.05, 3.63) is 70.5 Å². The van der Waals surface area contributed by atoms with Gasteiger partial charge in [0.1, 0.15) is 18.8 Å². The van der Waals surface area contributed by atoms with Crippen molar-refractivity contribution in [3.63, 3.8) is 0 Å². The van der Waals surface area contributed by atoms with Gasteiger partial charge in [0.15, 0.2) is 6.29 Å². The third kappa shape index (κ3) is 15.7. The van der Waals surface area contributed by atoms with Gasteiger partial charge in [0, 0.05) is 77.7 Å². The number of hydrogen-bond acceptors (Lipinski definition) is 16. The van der Waals surface area contributed by atoms with Gasteiger partial charge in [-0.3, -0.25) is 38.5 Å². The van der Waals surface area contributed by atoms with E-state index in [2.05, 4.69) is 20.9 Å². The van der Waals surface area contributed by atoms with Crippen LogP contribution in [0.2, 0.25) is 0 Å². The fourth-order valence-corrected chi connectivity index (χ4v) is 11.0. The molecule has 2 aromatic rings. The first-order chi connectivity index (χ1) is 33.6. The van der Waals surface area contributed by atoms with Gasteiger partial charge in [0.05, 0.1) is 30.2 Å². The number of ether oxygens (including phenoxy) is 2. The summed E-state index contributed by atoms with van der Waals surface area (Å²) in [6.45, 7) is 9.68. The molecule has 4 heterocycles. The molecular weight excluding hydrogens is 959 g/mol. The molecule has 5 rings (SSSR count). The van der Waals surface area contributed by atoms with Crippen LogP contribution in [0.1, 0.15) is 102 Å². The van der Waals surface area contributed by atoms with Crippen molar-refractivity contribution in [3.8, 4) is 0 Å². The van der Waals surface area contributed by atoms with Crippen molar-refractivity contribution in [2.24, 2.45) is 11.3 Å².